The van der Waals surface area contributed by atoms with Crippen molar-refractivity contribution < 1.29 is 4.74 Å². The van der Waals surface area contributed by atoms with Crippen molar-refractivity contribution in [3.05, 3.63) is 224 Å². The lowest BCUT2D eigenvalue weighted by Gasteiger charge is -2.35. The smallest absolute Gasteiger partial charge is 0.179 e. The monoisotopic (exact) mass is 758 g/mol. The van der Waals surface area contributed by atoms with Crippen molar-refractivity contribution in [3.63, 3.8) is 0 Å². The molecule has 12 rings (SSSR count). The lowest BCUT2D eigenvalue weighted by molar-refractivity contribution is 0.269. The van der Waals surface area contributed by atoms with Crippen LogP contribution >= 0.6 is 0 Å². The summed E-state index contributed by atoms with van der Waals surface area (Å²) in [6, 6.07) is 72.2. The van der Waals surface area contributed by atoms with Gasteiger partial charge in [-0.2, -0.15) is 0 Å². The second-order valence-corrected chi connectivity index (χ2v) is 19.4. The van der Waals surface area contributed by atoms with E-state index in [0.717, 1.165) is 11.4 Å². The Balaban J connectivity index is 1.15. The molecule has 0 amide bonds. The summed E-state index contributed by atoms with van der Waals surface area (Å²) in [4.78, 5) is 0. The summed E-state index contributed by atoms with van der Waals surface area (Å²) in [5, 5.41) is 10.4. The average molecular weight is 759 g/mol. The normalized spacial score (nSPS) is 15.9. The first-order chi connectivity index (χ1) is 28.8. The number of aromatic nitrogens is 2. The standard InChI is InChI=1S/C54H38N2OSi/c1-4-17-37(18-5-1)55-47-28-13-10-25-43(47)46-36-42(31-32-49(46)55)58(39-20-6-2-7-21-39,40-22-8-3-9-23-40)41-24-16-19-38(35-41)56-48-29-14-11-26-44(48)53-50(56)33-34-52-54(53)45-27-12-15-30-51(45)57-52/h1-36,45,51H. The van der Waals surface area contributed by atoms with E-state index in [2.05, 4.69) is 228 Å². The molecule has 1 aliphatic carbocycles. The van der Waals surface area contributed by atoms with Gasteiger partial charge in [0.2, 0.25) is 0 Å². The maximum atomic E-state index is 6.53. The summed E-state index contributed by atoms with van der Waals surface area (Å²) in [6.45, 7) is 0. The molecule has 8 aromatic carbocycles. The third-order valence-electron chi connectivity index (χ3n) is 12.6. The van der Waals surface area contributed by atoms with Crippen molar-refractivity contribution in [1.29, 1.82) is 0 Å². The van der Waals surface area contributed by atoms with E-state index in [-0.39, 0.29) is 12.0 Å². The van der Waals surface area contributed by atoms with E-state index in [4.69, 9.17) is 4.74 Å². The number of para-hydroxylation sites is 3. The Morgan fingerprint density at radius 2 is 0.948 bits per heavy atom. The highest BCUT2D eigenvalue weighted by Gasteiger charge is 2.42. The number of fused-ring (bicyclic) bond motifs is 10. The van der Waals surface area contributed by atoms with Gasteiger partial charge >= 0.3 is 0 Å². The molecule has 274 valence electrons. The average Bonchev–Trinajstić information content (AvgIpc) is 3.95. The summed E-state index contributed by atoms with van der Waals surface area (Å²) in [6.07, 6.45) is 8.78. The van der Waals surface area contributed by atoms with Crippen LogP contribution in [0.15, 0.2) is 218 Å². The van der Waals surface area contributed by atoms with E-state index in [0.29, 0.717) is 0 Å². The molecule has 58 heavy (non-hydrogen) atoms. The highest BCUT2D eigenvalue weighted by Crippen LogP contribution is 2.48. The van der Waals surface area contributed by atoms with E-state index < -0.39 is 8.07 Å². The van der Waals surface area contributed by atoms with E-state index in [1.807, 2.05) is 0 Å². The van der Waals surface area contributed by atoms with Crippen molar-refractivity contribution in [2.75, 3.05) is 0 Å². The van der Waals surface area contributed by atoms with Gasteiger partial charge in [0.05, 0.1) is 22.1 Å². The molecule has 2 unspecified atom stereocenters. The zero-order valence-corrected chi connectivity index (χ0v) is 32.7. The number of hydrogen-bond donors (Lipinski definition) is 0. The first kappa shape index (κ1) is 33.0. The fourth-order valence-corrected chi connectivity index (χ4v) is 15.0. The van der Waals surface area contributed by atoms with Crippen LogP contribution in [0.3, 0.4) is 0 Å². The first-order valence-corrected chi connectivity index (χ1v) is 22.2. The van der Waals surface area contributed by atoms with Crippen LogP contribution in [-0.4, -0.2) is 23.3 Å². The quantitative estimate of drug-likeness (QED) is 0.122. The number of rotatable bonds is 6. The Hall–Kier alpha value is -7.14. The van der Waals surface area contributed by atoms with Gasteiger partial charge in [-0.05, 0) is 81.4 Å². The highest BCUT2D eigenvalue weighted by molar-refractivity contribution is 7.20. The van der Waals surface area contributed by atoms with Gasteiger partial charge < -0.3 is 13.9 Å². The lowest BCUT2D eigenvalue weighted by Crippen LogP contribution is -2.74. The van der Waals surface area contributed by atoms with Crippen LogP contribution in [0.25, 0.3) is 55.0 Å². The second-order valence-electron chi connectivity index (χ2n) is 15.6. The van der Waals surface area contributed by atoms with E-state index in [9.17, 15) is 0 Å². The molecular weight excluding hydrogens is 721 g/mol. The third-order valence-corrected chi connectivity index (χ3v) is 17.3. The molecule has 3 nitrogen and oxygen atoms in total. The van der Waals surface area contributed by atoms with Crippen molar-refractivity contribution in [2.24, 2.45) is 0 Å². The third kappa shape index (κ3) is 4.73. The summed E-state index contributed by atoms with van der Waals surface area (Å²) in [7, 11) is -2.95. The molecule has 4 heteroatoms. The fraction of sp³-hybridized carbons (Fsp3) is 0.0370. The van der Waals surface area contributed by atoms with Crippen LogP contribution in [0.4, 0.5) is 0 Å². The van der Waals surface area contributed by atoms with E-state index >= 15 is 0 Å². The molecule has 1 aliphatic heterocycles. The molecule has 2 aliphatic rings. The van der Waals surface area contributed by atoms with Gasteiger partial charge in [-0.25, -0.2) is 0 Å². The molecule has 0 spiro atoms. The maximum Gasteiger partial charge on any atom is 0.179 e. The number of nitrogens with zero attached hydrogens (tertiary/aromatic N) is 2. The molecule has 3 heterocycles. The zero-order chi connectivity index (χ0) is 38.2. The first-order valence-electron chi connectivity index (χ1n) is 20.2. The Labute approximate surface area is 338 Å². The number of hydrogen-bond acceptors (Lipinski definition) is 1. The van der Waals surface area contributed by atoms with Gasteiger partial charge in [-0.1, -0.05) is 158 Å². The van der Waals surface area contributed by atoms with Crippen molar-refractivity contribution in [1.82, 2.24) is 9.13 Å². The minimum atomic E-state index is -2.95. The van der Waals surface area contributed by atoms with Crippen LogP contribution in [0.2, 0.25) is 0 Å². The number of benzene rings is 8. The van der Waals surface area contributed by atoms with Gasteiger partial charge in [0.25, 0.3) is 0 Å². The van der Waals surface area contributed by atoms with E-state index in [1.54, 1.807) is 0 Å². The SMILES string of the molecule is C1=CC2Oc3ccc4c(c3C2C=C1)c1ccccc1n4-c1cccc([Si](c2ccccc2)(c2ccccc2)c2ccc3c(c2)c2ccccc2n3-c2ccccc2)c1. The Morgan fingerprint density at radius 1 is 0.397 bits per heavy atom. The van der Waals surface area contributed by atoms with E-state index in [1.165, 1.54) is 75.6 Å². The topological polar surface area (TPSA) is 19.1 Å². The van der Waals surface area contributed by atoms with Gasteiger partial charge in [-0.15, -0.1) is 0 Å². The summed E-state index contributed by atoms with van der Waals surface area (Å²) < 4.78 is 11.4. The predicted octanol–water partition coefficient (Wildman–Crippen LogP) is 10.2. The zero-order valence-electron chi connectivity index (χ0n) is 31.7. The minimum absolute atomic E-state index is 0.0264. The van der Waals surface area contributed by atoms with Crippen LogP contribution in [0.5, 0.6) is 5.75 Å². The minimum Gasteiger partial charge on any atom is -0.485 e. The molecule has 0 fully saturated rings. The van der Waals surface area contributed by atoms with Gasteiger partial charge in [0.15, 0.2) is 8.07 Å². The maximum absolute atomic E-state index is 6.53. The molecule has 0 saturated heterocycles. The Kier molecular flexibility index (Phi) is 7.38. The van der Waals surface area contributed by atoms with Gasteiger partial charge in [0.1, 0.15) is 11.9 Å². The molecule has 2 atom stereocenters. The van der Waals surface area contributed by atoms with Crippen LogP contribution in [0, 0.1) is 0 Å². The molecule has 0 saturated carbocycles. The molecule has 0 N–H and O–H groups in total. The summed E-state index contributed by atoms with van der Waals surface area (Å²) in [5.74, 6) is 1.17. The van der Waals surface area contributed by atoms with Crippen LogP contribution < -0.4 is 25.5 Å². The fourth-order valence-electron chi connectivity index (χ4n) is 10.2. The van der Waals surface area contributed by atoms with Gasteiger partial charge in [-0.3, -0.25) is 0 Å². The Morgan fingerprint density at radius 3 is 1.71 bits per heavy atom. The molecule has 10 aromatic rings. The number of allylic oxidation sites excluding steroid dienone is 2. The van der Waals surface area contributed by atoms with Crippen LogP contribution in [0.1, 0.15) is 11.5 Å². The van der Waals surface area contributed by atoms with Crippen molar-refractivity contribution in [2.45, 2.75) is 12.0 Å². The molecular formula is C54H38N2OSi. The summed E-state index contributed by atoms with van der Waals surface area (Å²) in [5.41, 5.74) is 8.43. The second kappa shape index (κ2) is 13.0. The van der Waals surface area contributed by atoms with Gasteiger partial charge in [0, 0.05) is 44.4 Å². The number of ether oxygens (including phenoxy) is 1. The lowest BCUT2D eigenvalue weighted by atomic mass is 9.89. The van der Waals surface area contributed by atoms with Crippen LogP contribution in [-0.2, 0) is 0 Å². The molecule has 2 aromatic heterocycles. The Bertz CT molecular complexity index is 3230. The highest BCUT2D eigenvalue weighted by atomic mass is 28.3. The predicted molar refractivity (Wildman–Crippen MR) is 244 cm³/mol. The largest absolute Gasteiger partial charge is 0.485 e. The summed E-state index contributed by atoms with van der Waals surface area (Å²) >= 11 is 0. The van der Waals surface area contributed by atoms with Crippen molar-refractivity contribution >= 4 is 72.4 Å². The van der Waals surface area contributed by atoms with Crippen molar-refractivity contribution in [3.8, 4) is 17.1 Å². The molecule has 0 bridgehead atoms. The molecule has 0 radical (unpaired) electrons.